The number of rotatable bonds is 3. The zero-order valence-electron chi connectivity index (χ0n) is 7.71. The van der Waals surface area contributed by atoms with Gasteiger partial charge in [0.1, 0.15) is 0 Å². The van der Waals surface area contributed by atoms with Gasteiger partial charge in [-0.3, -0.25) is 4.79 Å². The Morgan fingerprint density at radius 3 is 2.08 bits per heavy atom. The maximum absolute atomic E-state index is 11.2. The van der Waals surface area contributed by atoms with Crippen molar-refractivity contribution in [1.29, 1.82) is 0 Å². The first-order valence-corrected chi connectivity index (χ1v) is 4.08. The summed E-state index contributed by atoms with van der Waals surface area (Å²) >= 11 is 0. The third-order valence-electron chi connectivity index (χ3n) is 1.85. The van der Waals surface area contributed by atoms with Crippen LogP contribution in [0.3, 0.4) is 0 Å². The van der Waals surface area contributed by atoms with Crippen LogP contribution in [0, 0.1) is 0 Å². The van der Waals surface area contributed by atoms with Gasteiger partial charge in [0.05, 0.1) is 0 Å². The molecule has 66 valence electrons. The summed E-state index contributed by atoms with van der Waals surface area (Å²) in [7, 11) is 0. The van der Waals surface area contributed by atoms with E-state index < -0.39 is 0 Å². The average Bonchev–Trinajstić information content (AvgIpc) is 2.17. The van der Waals surface area contributed by atoms with Gasteiger partial charge >= 0.3 is 0 Å². The Kier molecular flexibility index (Phi) is 2.80. The number of hydrogen-bond acceptors (Lipinski definition) is 1. The minimum absolute atomic E-state index is 0.0479. The lowest BCUT2D eigenvalue weighted by Gasteiger charge is -2.00. The lowest BCUT2D eigenvalue weighted by molar-refractivity contribution is 0.104. The molecule has 1 rings (SSSR count). The van der Waals surface area contributed by atoms with E-state index in [1.807, 2.05) is 19.1 Å². The Bertz CT molecular complexity index is 344. The van der Waals surface area contributed by atoms with Gasteiger partial charge in [0.15, 0.2) is 5.78 Å². The topological polar surface area (TPSA) is 17.1 Å². The van der Waals surface area contributed by atoms with E-state index in [4.69, 9.17) is 0 Å². The second-order valence-electron chi connectivity index (χ2n) is 2.93. The highest BCUT2D eigenvalue weighted by atomic mass is 16.1. The highest BCUT2D eigenvalue weighted by Gasteiger charge is 2.00. The van der Waals surface area contributed by atoms with Crippen molar-refractivity contribution in [2.45, 2.75) is 6.92 Å². The fourth-order valence-corrected chi connectivity index (χ4v) is 1.04. The molecule has 0 saturated carbocycles. The monoisotopic (exact) mass is 172 g/mol. The minimum atomic E-state index is -0.0479. The summed E-state index contributed by atoms with van der Waals surface area (Å²) in [5, 5.41) is 0. The van der Waals surface area contributed by atoms with Gasteiger partial charge in [-0.2, -0.15) is 0 Å². The zero-order chi connectivity index (χ0) is 9.84. The van der Waals surface area contributed by atoms with E-state index in [0.717, 1.165) is 11.1 Å². The molecular formula is C12H12O. The van der Waals surface area contributed by atoms with Gasteiger partial charge in [-0.15, -0.1) is 0 Å². The number of carbonyl (C=O) groups is 1. The molecule has 0 N–H and O–H groups in total. The third kappa shape index (κ3) is 2.15. The molecular weight excluding hydrogens is 160 g/mol. The highest BCUT2D eigenvalue weighted by Crippen LogP contribution is 2.12. The van der Waals surface area contributed by atoms with Crippen LogP contribution in [0.15, 0.2) is 43.5 Å². The van der Waals surface area contributed by atoms with Crippen LogP contribution in [-0.4, -0.2) is 5.78 Å². The van der Waals surface area contributed by atoms with Crippen molar-refractivity contribution < 1.29 is 4.79 Å². The van der Waals surface area contributed by atoms with Crippen LogP contribution in [0.2, 0.25) is 0 Å². The van der Waals surface area contributed by atoms with E-state index in [9.17, 15) is 4.79 Å². The summed E-state index contributed by atoms with van der Waals surface area (Å²) in [6.07, 6.45) is 1.32. The summed E-state index contributed by atoms with van der Waals surface area (Å²) in [6, 6.07) is 7.35. The maximum Gasteiger partial charge on any atom is 0.185 e. The second kappa shape index (κ2) is 3.85. The first-order chi connectivity index (χ1) is 6.15. The van der Waals surface area contributed by atoms with E-state index in [-0.39, 0.29) is 5.78 Å². The molecule has 0 aliphatic rings. The van der Waals surface area contributed by atoms with Gasteiger partial charge in [0.25, 0.3) is 0 Å². The molecule has 0 heterocycles. The normalized spacial score (nSPS) is 9.31. The molecule has 0 amide bonds. The quantitative estimate of drug-likeness (QED) is 0.505. The SMILES string of the molecule is C=CC(=O)c1ccc(C(=C)C)cc1. The predicted molar refractivity (Wildman–Crippen MR) is 55.7 cm³/mol. The third-order valence-corrected chi connectivity index (χ3v) is 1.85. The molecule has 0 aromatic heterocycles. The predicted octanol–water partition coefficient (Wildman–Crippen LogP) is 3.09. The maximum atomic E-state index is 11.2. The summed E-state index contributed by atoms with van der Waals surface area (Å²) in [4.78, 5) is 11.2. The van der Waals surface area contributed by atoms with Crippen molar-refractivity contribution in [1.82, 2.24) is 0 Å². The van der Waals surface area contributed by atoms with Crippen LogP contribution in [0.1, 0.15) is 22.8 Å². The molecule has 0 atom stereocenters. The van der Waals surface area contributed by atoms with Crippen LogP contribution < -0.4 is 0 Å². The van der Waals surface area contributed by atoms with Crippen LogP contribution in [0.4, 0.5) is 0 Å². The van der Waals surface area contributed by atoms with E-state index in [1.165, 1.54) is 6.08 Å². The Hall–Kier alpha value is -1.63. The van der Waals surface area contributed by atoms with E-state index >= 15 is 0 Å². The smallest absolute Gasteiger partial charge is 0.185 e. The molecule has 1 aromatic carbocycles. The van der Waals surface area contributed by atoms with Crippen LogP contribution in [-0.2, 0) is 0 Å². The average molecular weight is 172 g/mol. The van der Waals surface area contributed by atoms with Crippen LogP contribution >= 0.6 is 0 Å². The molecule has 0 aliphatic heterocycles. The van der Waals surface area contributed by atoms with Gasteiger partial charge in [-0.1, -0.05) is 43.0 Å². The highest BCUT2D eigenvalue weighted by molar-refractivity contribution is 6.04. The molecule has 0 aliphatic carbocycles. The number of carbonyl (C=O) groups excluding carboxylic acids is 1. The van der Waals surface area contributed by atoms with Crippen molar-refractivity contribution in [2.75, 3.05) is 0 Å². The largest absolute Gasteiger partial charge is 0.289 e. The van der Waals surface area contributed by atoms with E-state index in [2.05, 4.69) is 13.2 Å². The molecule has 1 nitrogen and oxygen atoms in total. The van der Waals surface area contributed by atoms with E-state index in [0.29, 0.717) is 5.56 Å². The molecule has 0 radical (unpaired) electrons. The fourth-order valence-electron chi connectivity index (χ4n) is 1.04. The number of ketones is 1. The standard InChI is InChI=1S/C12H12O/c1-4-12(13)11-7-5-10(6-8-11)9(2)3/h4-8H,1-2H2,3H3. The number of hydrogen-bond donors (Lipinski definition) is 0. The van der Waals surface area contributed by atoms with Crippen molar-refractivity contribution in [3.05, 3.63) is 54.6 Å². The van der Waals surface area contributed by atoms with Crippen molar-refractivity contribution in [3.8, 4) is 0 Å². The summed E-state index contributed by atoms with van der Waals surface area (Å²) in [5.74, 6) is -0.0479. The number of benzene rings is 1. The van der Waals surface area contributed by atoms with Gasteiger partial charge in [-0.25, -0.2) is 0 Å². The van der Waals surface area contributed by atoms with Crippen LogP contribution in [0.5, 0.6) is 0 Å². The van der Waals surface area contributed by atoms with Gasteiger partial charge in [0.2, 0.25) is 0 Å². The Labute approximate surface area is 78.4 Å². The molecule has 13 heavy (non-hydrogen) atoms. The lowest BCUT2D eigenvalue weighted by atomic mass is 10.0. The first kappa shape index (κ1) is 9.46. The summed E-state index contributed by atoms with van der Waals surface area (Å²) < 4.78 is 0. The first-order valence-electron chi connectivity index (χ1n) is 4.08. The molecule has 0 unspecified atom stereocenters. The number of allylic oxidation sites excluding steroid dienone is 2. The molecule has 1 aromatic rings. The van der Waals surface area contributed by atoms with Crippen LogP contribution in [0.25, 0.3) is 5.57 Å². The molecule has 0 spiro atoms. The van der Waals surface area contributed by atoms with E-state index in [1.54, 1.807) is 12.1 Å². The lowest BCUT2D eigenvalue weighted by Crippen LogP contribution is -1.92. The van der Waals surface area contributed by atoms with Gasteiger partial charge in [-0.05, 0) is 18.6 Å². The molecule has 0 fully saturated rings. The molecule has 0 bridgehead atoms. The molecule has 1 heteroatoms. The Morgan fingerprint density at radius 2 is 1.69 bits per heavy atom. The van der Waals surface area contributed by atoms with Crippen molar-refractivity contribution in [3.63, 3.8) is 0 Å². The fraction of sp³-hybridized carbons (Fsp3) is 0.0833. The zero-order valence-corrected chi connectivity index (χ0v) is 7.71. The van der Waals surface area contributed by atoms with Crippen molar-refractivity contribution >= 4 is 11.4 Å². The van der Waals surface area contributed by atoms with Gasteiger partial charge in [0, 0.05) is 5.56 Å². The minimum Gasteiger partial charge on any atom is -0.289 e. The van der Waals surface area contributed by atoms with Crippen molar-refractivity contribution in [2.24, 2.45) is 0 Å². The summed E-state index contributed by atoms with van der Waals surface area (Å²) in [5.41, 5.74) is 2.72. The Morgan fingerprint density at radius 1 is 1.23 bits per heavy atom. The molecule has 0 saturated heterocycles. The second-order valence-corrected chi connectivity index (χ2v) is 2.93. The Balaban J connectivity index is 3.00. The van der Waals surface area contributed by atoms with Gasteiger partial charge < -0.3 is 0 Å². The summed E-state index contributed by atoms with van der Waals surface area (Å²) in [6.45, 7) is 9.18.